The molecule has 0 saturated carbocycles. The van der Waals surface area contributed by atoms with Crippen LogP contribution in [0.25, 0.3) is 0 Å². The average molecular weight is 558 g/mol. The summed E-state index contributed by atoms with van der Waals surface area (Å²) in [6.45, 7) is 1.74. The highest BCUT2D eigenvalue weighted by atomic mass is 32.2. The molecule has 2 aromatic rings. The Labute approximate surface area is 215 Å². The number of carboxylic acid groups (broad SMARTS) is 1. The molecule has 3 amide bonds. The number of hydrogen-bond acceptors (Lipinski definition) is 13. The molecule has 2 unspecified atom stereocenters. The smallest absolute Gasteiger partial charge is 0.313 e. The first-order valence-electron chi connectivity index (χ1n) is 9.94. The minimum Gasteiger partial charge on any atom is -0.481 e. The van der Waals surface area contributed by atoms with Gasteiger partial charge in [-0.1, -0.05) is 28.3 Å². The van der Waals surface area contributed by atoms with Gasteiger partial charge in [0, 0.05) is 22.9 Å². The monoisotopic (exact) mass is 557 g/mol. The fourth-order valence-electron chi connectivity index (χ4n) is 3.55. The Bertz CT molecular complexity index is 1170. The van der Waals surface area contributed by atoms with Crippen LogP contribution in [0.3, 0.4) is 0 Å². The Morgan fingerprint density at radius 3 is 2.94 bits per heavy atom. The molecule has 2 aliphatic rings. The summed E-state index contributed by atoms with van der Waals surface area (Å²) in [7, 11) is 1.28. The van der Waals surface area contributed by atoms with Gasteiger partial charge in [0.05, 0.1) is 0 Å². The van der Waals surface area contributed by atoms with Crippen LogP contribution < -0.4 is 10.6 Å². The lowest BCUT2D eigenvalue weighted by Crippen LogP contribution is -2.74. The second kappa shape index (κ2) is 10.5. The van der Waals surface area contributed by atoms with Crippen LogP contribution in [-0.2, 0) is 24.0 Å². The maximum absolute atomic E-state index is 13.0. The van der Waals surface area contributed by atoms with Gasteiger partial charge in [-0.25, -0.2) is 4.98 Å². The minimum atomic E-state index is -1.15. The minimum absolute atomic E-state index is 0.0297. The van der Waals surface area contributed by atoms with Crippen LogP contribution in [0.15, 0.2) is 15.0 Å². The molecule has 2 fully saturated rings. The van der Waals surface area contributed by atoms with Crippen molar-refractivity contribution in [3.05, 3.63) is 16.1 Å². The first kappa shape index (κ1) is 25.3. The number of carboxylic acids is 1. The summed E-state index contributed by atoms with van der Waals surface area (Å²) in [5.41, 5.74) is 0.504. The van der Waals surface area contributed by atoms with Crippen molar-refractivity contribution in [2.24, 2.45) is 10.6 Å². The summed E-state index contributed by atoms with van der Waals surface area (Å²) in [4.78, 5) is 59.9. The molecule has 35 heavy (non-hydrogen) atoms. The van der Waals surface area contributed by atoms with Crippen LogP contribution in [0.4, 0.5) is 5.13 Å². The lowest BCUT2D eigenvalue weighted by atomic mass is 9.89. The molecule has 4 rings (SSSR count). The predicted molar refractivity (Wildman–Crippen MR) is 131 cm³/mol. The summed E-state index contributed by atoms with van der Waals surface area (Å²) in [5, 5.41) is 26.4. The van der Waals surface area contributed by atoms with Crippen molar-refractivity contribution in [2.75, 3.05) is 30.5 Å². The van der Waals surface area contributed by atoms with Crippen molar-refractivity contribution in [2.45, 2.75) is 22.7 Å². The molecule has 17 heteroatoms. The van der Waals surface area contributed by atoms with Crippen molar-refractivity contribution in [1.82, 2.24) is 25.4 Å². The number of β-lactam (4-membered cyclic amide) rings is 1. The van der Waals surface area contributed by atoms with Crippen LogP contribution >= 0.6 is 46.2 Å². The molecule has 0 bridgehead atoms. The molecule has 3 N–H and O–H groups in total. The van der Waals surface area contributed by atoms with E-state index in [1.165, 1.54) is 46.9 Å². The number of aliphatic carboxylic acids is 1. The molecule has 0 aliphatic carbocycles. The highest BCUT2D eigenvalue weighted by Crippen LogP contribution is 2.44. The fraction of sp³-hybridized carbons (Fsp3) is 0.444. The van der Waals surface area contributed by atoms with Gasteiger partial charge in [0.15, 0.2) is 15.2 Å². The molecule has 2 aliphatic heterocycles. The lowest BCUT2D eigenvalue weighted by Gasteiger charge is -2.53. The second-order valence-electron chi connectivity index (χ2n) is 7.51. The van der Waals surface area contributed by atoms with Crippen molar-refractivity contribution in [1.29, 1.82) is 0 Å². The van der Waals surface area contributed by atoms with Gasteiger partial charge in [0.1, 0.15) is 35.1 Å². The Morgan fingerprint density at radius 1 is 1.49 bits per heavy atom. The molecule has 3 atom stereocenters. The van der Waals surface area contributed by atoms with Gasteiger partial charge in [-0.3, -0.25) is 19.2 Å². The number of nitrogens with zero attached hydrogens (tertiary/aromatic N) is 5. The predicted octanol–water partition coefficient (Wildman–Crippen LogP) is 0.485. The summed E-state index contributed by atoms with van der Waals surface area (Å²) in [5.74, 6) is -1.53. The third kappa shape index (κ3) is 4.98. The number of rotatable bonds is 10. The number of amides is 3. The van der Waals surface area contributed by atoms with Crippen LogP contribution in [0.5, 0.6) is 0 Å². The fourth-order valence-corrected chi connectivity index (χ4v) is 7.68. The number of thiazole rings is 1. The topological polar surface area (TPSA) is 176 Å². The largest absolute Gasteiger partial charge is 0.481 e. The lowest BCUT2D eigenvalue weighted by molar-refractivity contribution is -0.157. The van der Waals surface area contributed by atoms with E-state index in [1.807, 2.05) is 0 Å². The third-order valence-corrected chi connectivity index (χ3v) is 9.94. The Balaban J connectivity index is 1.44. The average Bonchev–Trinajstić information content (AvgIpc) is 3.49. The molecular formula is C18H19N7O6S4. The van der Waals surface area contributed by atoms with E-state index in [0.29, 0.717) is 15.6 Å². The number of aryl methyl sites for hydroxylation is 1. The van der Waals surface area contributed by atoms with Crippen LogP contribution in [0.1, 0.15) is 10.6 Å². The highest BCUT2D eigenvalue weighted by molar-refractivity contribution is 8.01. The summed E-state index contributed by atoms with van der Waals surface area (Å²) < 4.78 is 0.659. The Kier molecular flexibility index (Phi) is 7.58. The number of nitrogens with one attached hydrogen (secondary N) is 2. The zero-order valence-electron chi connectivity index (χ0n) is 18.3. The maximum Gasteiger partial charge on any atom is 0.313 e. The molecule has 13 nitrogen and oxygen atoms in total. The van der Waals surface area contributed by atoms with E-state index in [4.69, 9.17) is 4.84 Å². The first-order chi connectivity index (χ1) is 16.8. The van der Waals surface area contributed by atoms with Gasteiger partial charge < -0.3 is 25.5 Å². The van der Waals surface area contributed by atoms with Crippen LogP contribution in [-0.4, -0.2) is 91.7 Å². The zero-order chi connectivity index (χ0) is 25.2. The number of oxime groups is 1. The molecule has 2 saturated heterocycles. The molecule has 2 aromatic heterocycles. The molecule has 186 valence electrons. The van der Waals surface area contributed by atoms with E-state index in [9.17, 15) is 24.3 Å². The number of fused-ring (bicyclic) bond motifs is 1. The molecule has 4 heterocycles. The molecule has 0 aromatic carbocycles. The van der Waals surface area contributed by atoms with Crippen LogP contribution in [0.2, 0.25) is 0 Å². The zero-order valence-corrected chi connectivity index (χ0v) is 21.6. The standard InChI is InChI=1S/C18H19N7O6S4/c1-8-9(22-16(35-8)19-6-26)10(24-31-2)12(27)21-11-13(28)25-3-18(15(29)30,4-32-14(11)25)5-33-17-23-20-7-34-17/h6-7,11,14H,3-5H2,1-2H3,(H,21,27)(H,29,30)(H,19,22,26)/t11?,14-,18?/m1/s1. The first-order valence-corrected chi connectivity index (χ1v) is 13.7. The van der Waals surface area contributed by atoms with Crippen molar-refractivity contribution < 1.29 is 29.1 Å². The van der Waals surface area contributed by atoms with E-state index in [2.05, 4.69) is 31.0 Å². The van der Waals surface area contributed by atoms with E-state index in [-0.39, 0.29) is 40.5 Å². The van der Waals surface area contributed by atoms with Gasteiger partial charge in [0.2, 0.25) is 12.3 Å². The third-order valence-electron chi connectivity index (χ3n) is 5.30. The van der Waals surface area contributed by atoms with E-state index in [1.54, 1.807) is 12.4 Å². The number of hydrogen-bond donors (Lipinski definition) is 3. The van der Waals surface area contributed by atoms with Crippen molar-refractivity contribution in [3.63, 3.8) is 0 Å². The van der Waals surface area contributed by atoms with Crippen molar-refractivity contribution in [3.8, 4) is 0 Å². The number of carbonyl (C=O) groups excluding carboxylic acids is 3. The van der Waals surface area contributed by atoms with Gasteiger partial charge in [-0.05, 0) is 6.92 Å². The van der Waals surface area contributed by atoms with Gasteiger partial charge >= 0.3 is 5.97 Å². The summed E-state index contributed by atoms with van der Waals surface area (Å²) in [6, 6.07) is -0.844. The number of anilines is 1. The normalized spacial score (nSPS) is 23.8. The van der Waals surface area contributed by atoms with E-state index in [0.717, 1.165) is 11.3 Å². The van der Waals surface area contributed by atoms with Gasteiger partial charge in [0.25, 0.3) is 5.91 Å². The number of thioether (sulfide) groups is 2. The van der Waals surface area contributed by atoms with Crippen LogP contribution in [0, 0.1) is 12.3 Å². The van der Waals surface area contributed by atoms with E-state index < -0.39 is 28.7 Å². The quantitative estimate of drug-likeness (QED) is 0.122. The van der Waals surface area contributed by atoms with Gasteiger partial charge in [-0.2, -0.15) is 0 Å². The molecule has 0 spiro atoms. The SMILES string of the molecule is CON=C(C(=O)NC1C(=O)N2CC(CSc3nncs3)(C(=O)O)CS[C@H]12)c1nc(NC=O)sc1C. The Morgan fingerprint density at radius 2 is 2.29 bits per heavy atom. The summed E-state index contributed by atoms with van der Waals surface area (Å²) >= 11 is 5.08. The molecular weight excluding hydrogens is 539 g/mol. The van der Waals surface area contributed by atoms with E-state index >= 15 is 0 Å². The second-order valence-corrected chi connectivity index (χ2v) is 11.9. The Hall–Kier alpha value is -2.76. The van der Waals surface area contributed by atoms with Crippen molar-refractivity contribution >= 4 is 81.2 Å². The number of carbonyl (C=O) groups is 4. The van der Waals surface area contributed by atoms with Gasteiger partial charge in [-0.15, -0.1) is 33.3 Å². The number of aromatic nitrogens is 3. The summed E-state index contributed by atoms with van der Waals surface area (Å²) in [6.07, 6.45) is 0.473. The molecule has 0 radical (unpaired) electrons. The maximum atomic E-state index is 13.0. The highest BCUT2D eigenvalue weighted by Gasteiger charge is 2.57.